The molecule has 0 aromatic heterocycles. The summed E-state index contributed by atoms with van der Waals surface area (Å²) in [5.74, 6) is -0.136. The van der Waals surface area contributed by atoms with Crippen LogP contribution in [0.15, 0.2) is 72.3 Å². The van der Waals surface area contributed by atoms with Crippen LogP contribution in [0.2, 0.25) is 0 Å². The van der Waals surface area contributed by atoms with Crippen LogP contribution in [0.3, 0.4) is 0 Å². The van der Waals surface area contributed by atoms with Gasteiger partial charge in [-0.3, -0.25) is 14.5 Å². The minimum atomic E-state index is -0.894. The van der Waals surface area contributed by atoms with Crippen molar-refractivity contribution in [3.8, 4) is 17.2 Å². The molecule has 8 nitrogen and oxygen atoms in total. The van der Waals surface area contributed by atoms with Gasteiger partial charge in [-0.25, -0.2) is 0 Å². The molecular weight excluding hydrogens is 508 g/mol. The lowest BCUT2D eigenvalue weighted by Crippen LogP contribution is -2.29. The standard InChI is InChI=1S/C32H36N2O6/c1-6-7-8-19-40-25-16-9-21(10-17-25)30(35)28-29(22-11-18-26(38-4)27(20-22)39-5)34(32(37)31(28)36)24-14-12-23(13-15-24)33(2)3/h9-18,20,29,35H,6-8,19H2,1-5H3/b30-28-. The molecule has 0 radical (unpaired) electrons. The fraction of sp³-hybridized carbons (Fsp3) is 0.312. The molecular formula is C32H36N2O6. The van der Waals surface area contributed by atoms with Crippen molar-refractivity contribution in [1.29, 1.82) is 0 Å². The molecule has 0 bridgehead atoms. The summed E-state index contributed by atoms with van der Waals surface area (Å²) in [6, 6.07) is 18.5. The van der Waals surface area contributed by atoms with Crippen LogP contribution >= 0.6 is 0 Å². The first-order valence-corrected chi connectivity index (χ1v) is 13.3. The van der Waals surface area contributed by atoms with Crippen molar-refractivity contribution in [1.82, 2.24) is 0 Å². The minimum absolute atomic E-state index is 0.00878. The van der Waals surface area contributed by atoms with Gasteiger partial charge in [0.1, 0.15) is 11.5 Å². The Hall–Kier alpha value is -4.46. The van der Waals surface area contributed by atoms with Gasteiger partial charge in [0.15, 0.2) is 11.5 Å². The second-order valence-electron chi connectivity index (χ2n) is 9.77. The molecule has 1 N–H and O–H groups in total. The fourth-order valence-corrected chi connectivity index (χ4v) is 4.76. The van der Waals surface area contributed by atoms with E-state index in [9.17, 15) is 14.7 Å². The van der Waals surface area contributed by atoms with Crippen molar-refractivity contribution in [3.63, 3.8) is 0 Å². The molecule has 1 heterocycles. The number of aliphatic hydroxyl groups is 1. The molecule has 210 valence electrons. The second-order valence-corrected chi connectivity index (χ2v) is 9.77. The number of benzene rings is 3. The van der Waals surface area contributed by atoms with Gasteiger partial charge in [0.25, 0.3) is 11.7 Å². The number of carbonyl (C=O) groups excluding carboxylic acids is 2. The van der Waals surface area contributed by atoms with E-state index in [1.807, 2.05) is 31.1 Å². The highest BCUT2D eigenvalue weighted by Crippen LogP contribution is 2.44. The van der Waals surface area contributed by atoms with E-state index in [4.69, 9.17) is 14.2 Å². The number of anilines is 2. The maximum absolute atomic E-state index is 13.5. The normalized spacial score (nSPS) is 16.2. The van der Waals surface area contributed by atoms with Crippen LogP contribution in [0.5, 0.6) is 17.2 Å². The smallest absolute Gasteiger partial charge is 0.300 e. The summed E-state index contributed by atoms with van der Waals surface area (Å²) < 4.78 is 16.7. The first-order valence-electron chi connectivity index (χ1n) is 13.3. The third-order valence-corrected chi connectivity index (χ3v) is 6.96. The van der Waals surface area contributed by atoms with Gasteiger partial charge in [-0.2, -0.15) is 0 Å². The Morgan fingerprint density at radius 3 is 2.17 bits per heavy atom. The average molecular weight is 545 g/mol. The molecule has 1 atom stereocenters. The Morgan fingerprint density at radius 2 is 1.57 bits per heavy atom. The first-order chi connectivity index (χ1) is 19.3. The molecule has 40 heavy (non-hydrogen) atoms. The Bertz CT molecular complexity index is 1380. The zero-order chi connectivity index (χ0) is 28.8. The Labute approximate surface area is 235 Å². The van der Waals surface area contributed by atoms with Crippen LogP contribution in [-0.2, 0) is 9.59 Å². The summed E-state index contributed by atoms with van der Waals surface area (Å²) >= 11 is 0. The summed E-state index contributed by atoms with van der Waals surface area (Å²) in [4.78, 5) is 30.4. The van der Waals surface area contributed by atoms with Gasteiger partial charge >= 0.3 is 0 Å². The number of carbonyl (C=O) groups is 2. The maximum Gasteiger partial charge on any atom is 0.300 e. The molecule has 1 unspecified atom stereocenters. The fourth-order valence-electron chi connectivity index (χ4n) is 4.76. The van der Waals surface area contributed by atoms with Crippen LogP contribution in [-0.4, -0.2) is 51.7 Å². The van der Waals surface area contributed by atoms with E-state index in [1.54, 1.807) is 54.6 Å². The van der Waals surface area contributed by atoms with Gasteiger partial charge in [-0.1, -0.05) is 25.8 Å². The van der Waals surface area contributed by atoms with Gasteiger partial charge < -0.3 is 24.2 Å². The lowest BCUT2D eigenvalue weighted by Gasteiger charge is -2.26. The lowest BCUT2D eigenvalue weighted by molar-refractivity contribution is -0.132. The maximum atomic E-state index is 13.5. The molecule has 3 aromatic rings. The predicted molar refractivity (Wildman–Crippen MR) is 157 cm³/mol. The van der Waals surface area contributed by atoms with Crippen molar-refractivity contribution >= 4 is 28.8 Å². The first kappa shape index (κ1) is 28.5. The lowest BCUT2D eigenvalue weighted by atomic mass is 9.94. The molecule has 0 aliphatic carbocycles. The molecule has 1 amide bonds. The van der Waals surface area contributed by atoms with Gasteiger partial charge in [-0.15, -0.1) is 0 Å². The number of amides is 1. The van der Waals surface area contributed by atoms with Crippen molar-refractivity contribution < 1.29 is 28.9 Å². The second kappa shape index (κ2) is 12.6. The SMILES string of the molecule is CCCCCOc1ccc(/C(O)=C2/C(=O)C(=O)N(c3ccc(N(C)C)cc3)C2c2ccc(OC)c(OC)c2)cc1. The van der Waals surface area contributed by atoms with Gasteiger partial charge in [0.2, 0.25) is 0 Å². The summed E-state index contributed by atoms with van der Waals surface area (Å²) in [7, 11) is 6.90. The van der Waals surface area contributed by atoms with E-state index in [-0.39, 0.29) is 11.3 Å². The van der Waals surface area contributed by atoms with Crippen LogP contribution in [0.1, 0.15) is 43.4 Å². The van der Waals surface area contributed by atoms with Crippen molar-refractivity contribution in [2.24, 2.45) is 0 Å². The minimum Gasteiger partial charge on any atom is -0.507 e. The number of aliphatic hydroxyl groups excluding tert-OH is 1. The number of hydrogen-bond acceptors (Lipinski definition) is 7. The monoisotopic (exact) mass is 544 g/mol. The number of nitrogens with zero attached hydrogens (tertiary/aromatic N) is 2. The van der Waals surface area contributed by atoms with E-state index in [0.717, 1.165) is 24.9 Å². The number of ether oxygens (including phenoxy) is 3. The number of unbranched alkanes of at least 4 members (excludes halogenated alkanes) is 2. The van der Waals surface area contributed by atoms with Crippen LogP contribution < -0.4 is 24.0 Å². The molecule has 1 aliphatic heterocycles. The summed E-state index contributed by atoms with van der Waals surface area (Å²) in [6.07, 6.45) is 3.16. The highest BCUT2D eigenvalue weighted by Gasteiger charge is 2.47. The van der Waals surface area contributed by atoms with E-state index in [1.165, 1.54) is 19.1 Å². The topological polar surface area (TPSA) is 88.5 Å². The van der Waals surface area contributed by atoms with E-state index in [0.29, 0.717) is 40.7 Å². The largest absolute Gasteiger partial charge is 0.507 e. The van der Waals surface area contributed by atoms with Gasteiger partial charge in [0.05, 0.1) is 32.4 Å². The summed E-state index contributed by atoms with van der Waals surface area (Å²) in [5.41, 5.74) is 2.46. The Morgan fingerprint density at radius 1 is 0.900 bits per heavy atom. The number of ketones is 1. The average Bonchev–Trinajstić information content (AvgIpc) is 3.24. The number of rotatable bonds is 11. The molecule has 0 saturated carbocycles. The Kier molecular flexibility index (Phi) is 8.99. The third-order valence-electron chi connectivity index (χ3n) is 6.96. The van der Waals surface area contributed by atoms with Crippen molar-refractivity contribution in [2.75, 3.05) is 44.7 Å². The summed E-state index contributed by atoms with van der Waals surface area (Å²) in [5, 5.41) is 11.5. The van der Waals surface area contributed by atoms with Crippen molar-refractivity contribution in [3.05, 3.63) is 83.4 Å². The Balaban J connectivity index is 1.80. The van der Waals surface area contributed by atoms with E-state index in [2.05, 4.69) is 6.92 Å². The van der Waals surface area contributed by atoms with Gasteiger partial charge in [-0.05, 0) is 72.6 Å². The number of Topliss-reactive ketones (excluding diaryl/α,β-unsaturated/α-hetero) is 1. The van der Waals surface area contributed by atoms with E-state index < -0.39 is 17.7 Å². The molecule has 3 aromatic carbocycles. The quantitative estimate of drug-likeness (QED) is 0.138. The zero-order valence-corrected chi connectivity index (χ0v) is 23.6. The third kappa shape index (κ3) is 5.76. The summed E-state index contributed by atoms with van der Waals surface area (Å²) in [6.45, 7) is 2.74. The highest BCUT2D eigenvalue weighted by atomic mass is 16.5. The van der Waals surface area contributed by atoms with Crippen molar-refractivity contribution in [2.45, 2.75) is 32.2 Å². The zero-order valence-electron chi connectivity index (χ0n) is 23.6. The highest BCUT2D eigenvalue weighted by molar-refractivity contribution is 6.51. The molecule has 4 rings (SSSR count). The predicted octanol–water partition coefficient (Wildman–Crippen LogP) is 5.97. The van der Waals surface area contributed by atoms with Crippen LogP contribution in [0, 0.1) is 0 Å². The number of hydrogen-bond donors (Lipinski definition) is 1. The molecule has 8 heteroatoms. The number of methoxy groups -OCH3 is 2. The van der Waals surface area contributed by atoms with Crippen LogP contribution in [0.25, 0.3) is 5.76 Å². The molecule has 1 saturated heterocycles. The van der Waals surface area contributed by atoms with Crippen LogP contribution in [0.4, 0.5) is 11.4 Å². The molecule has 1 aliphatic rings. The molecule has 0 spiro atoms. The van der Waals surface area contributed by atoms with E-state index >= 15 is 0 Å². The molecule has 1 fully saturated rings. The van der Waals surface area contributed by atoms with Gasteiger partial charge in [0, 0.05) is 31.0 Å².